The summed E-state index contributed by atoms with van der Waals surface area (Å²) in [6.45, 7) is 1.14. The number of rotatable bonds is 9. The first-order valence-electron chi connectivity index (χ1n) is 10.6. The molecule has 0 atom stereocenters. The van der Waals surface area contributed by atoms with Crippen molar-refractivity contribution < 1.29 is 14.0 Å². The van der Waals surface area contributed by atoms with Gasteiger partial charge in [0.05, 0.1) is 6.26 Å². The van der Waals surface area contributed by atoms with Gasteiger partial charge in [-0.25, -0.2) is 0 Å². The summed E-state index contributed by atoms with van der Waals surface area (Å²) in [5.41, 5.74) is 7.27. The van der Waals surface area contributed by atoms with Crippen LogP contribution in [0, 0.1) is 0 Å². The van der Waals surface area contributed by atoms with Gasteiger partial charge in [-0.2, -0.15) is 0 Å². The number of unbranched alkanes of at least 4 members (excludes halogenated alkanes) is 1. The zero-order valence-electron chi connectivity index (χ0n) is 16.9. The molecule has 0 spiro atoms. The molecule has 1 aromatic heterocycles. The molecule has 1 heterocycles. The Kier molecular flexibility index (Phi) is 7.87. The molecule has 29 heavy (non-hydrogen) atoms. The van der Waals surface area contributed by atoms with Crippen LogP contribution in [0.1, 0.15) is 67.5 Å². The number of benzene rings is 1. The van der Waals surface area contributed by atoms with Gasteiger partial charge < -0.3 is 20.4 Å². The number of anilines is 1. The lowest BCUT2D eigenvalue weighted by atomic mass is 9.93. The highest BCUT2D eigenvalue weighted by atomic mass is 16.3. The molecule has 0 aliphatic heterocycles. The zero-order chi connectivity index (χ0) is 20.5. The molecule has 156 valence electrons. The van der Waals surface area contributed by atoms with Gasteiger partial charge in [0.15, 0.2) is 5.76 Å². The largest absolute Gasteiger partial charge is 0.459 e. The highest BCUT2D eigenvalue weighted by Crippen LogP contribution is 2.26. The van der Waals surface area contributed by atoms with E-state index in [1.807, 2.05) is 29.2 Å². The van der Waals surface area contributed by atoms with Crippen molar-refractivity contribution in [1.82, 2.24) is 4.90 Å². The number of carbonyl (C=O) groups excluding carboxylic acids is 2. The SMILES string of the molecule is NCCCCC(=O)Nc1ccc(CN(C(=O)c2ccco2)C2CCCCC2)cc1. The van der Waals surface area contributed by atoms with E-state index in [1.54, 1.807) is 12.1 Å². The molecule has 2 amide bonds. The number of hydrogen-bond acceptors (Lipinski definition) is 4. The molecular formula is C23H31N3O3. The topological polar surface area (TPSA) is 88.6 Å². The van der Waals surface area contributed by atoms with Gasteiger partial charge in [0.25, 0.3) is 5.91 Å². The Bertz CT molecular complexity index is 765. The molecule has 0 saturated heterocycles. The van der Waals surface area contributed by atoms with Crippen LogP contribution in [0.3, 0.4) is 0 Å². The quantitative estimate of drug-likeness (QED) is 0.617. The van der Waals surface area contributed by atoms with Gasteiger partial charge in [0.1, 0.15) is 0 Å². The number of nitrogens with two attached hydrogens (primary N) is 1. The van der Waals surface area contributed by atoms with Crippen LogP contribution in [0.4, 0.5) is 5.69 Å². The van der Waals surface area contributed by atoms with E-state index in [-0.39, 0.29) is 17.9 Å². The minimum absolute atomic E-state index is 0.00280. The second-order valence-electron chi connectivity index (χ2n) is 7.69. The summed E-state index contributed by atoms with van der Waals surface area (Å²) in [4.78, 5) is 26.9. The zero-order valence-corrected chi connectivity index (χ0v) is 16.9. The molecule has 1 aliphatic rings. The van der Waals surface area contributed by atoms with Gasteiger partial charge in [-0.05, 0) is 62.1 Å². The third-order valence-electron chi connectivity index (χ3n) is 5.46. The molecule has 3 rings (SSSR count). The van der Waals surface area contributed by atoms with E-state index in [4.69, 9.17) is 10.2 Å². The number of nitrogens with one attached hydrogen (secondary N) is 1. The predicted octanol–water partition coefficient (Wildman–Crippen LogP) is 4.32. The molecule has 1 aliphatic carbocycles. The van der Waals surface area contributed by atoms with Crippen molar-refractivity contribution >= 4 is 17.5 Å². The summed E-state index contributed by atoms with van der Waals surface area (Å²) in [6, 6.07) is 11.4. The normalized spacial score (nSPS) is 14.5. The smallest absolute Gasteiger partial charge is 0.290 e. The van der Waals surface area contributed by atoms with E-state index >= 15 is 0 Å². The molecule has 0 unspecified atom stereocenters. The summed E-state index contributed by atoms with van der Waals surface area (Å²) in [5.74, 6) is 0.333. The number of carbonyl (C=O) groups is 2. The lowest BCUT2D eigenvalue weighted by molar-refractivity contribution is -0.116. The fourth-order valence-corrected chi connectivity index (χ4v) is 3.84. The Morgan fingerprint density at radius 3 is 2.48 bits per heavy atom. The average molecular weight is 398 g/mol. The molecule has 0 bridgehead atoms. The minimum Gasteiger partial charge on any atom is -0.459 e. The fourth-order valence-electron chi connectivity index (χ4n) is 3.84. The lowest BCUT2D eigenvalue weighted by Crippen LogP contribution is -2.40. The predicted molar refractivity (Wildman–Crippen MR) is 113 cm³/mol. The van der Waals surface area contributed by atoms with E-state index in [0.29, 0.717) is 25.3 Å². The van der Waals surface area contributed by atoms with Crippen molar-refractivity contribution in [1.29, 1.82) is 0 Å². The first-order chi connectivity index (χ1) is 14.2. The Balaban J connectivity index is 1.64. The Labute approximate surface area is 172 Å². The third-order valence-corrected chi connectivity index (χ3v) is 5.46. The molecule has 6 heteroatoms. The van der Waals surface area contributed by atoms with Crippen LogP contribution in [-0.4, -0.2) is 29.3 Å². The number of amides is 2. The summed E-state index contributed by atoms with van der Waals surface area (Å²) >= 11 is 0. The van der Waals surface area contributed by atoms with E-state index in [0.717, 1.165) is 49.8 Å². The number of nitrogens with zero attached hydrogens (tertiary/aromatic N) is 1. The maximum atomic E-state index is 13.0. The molecule has 0 radical (unpaired) electrons. The second-order valence-corrected chi connectivity index (χ2v) is 7.69. The van der Waals surface area contributed by atoms with Crippen molar-refractivity contribution in [2.75, 3.05) is 11.9 Å². The van der Waals surface area contributed by atoms with Crippen LogP contribution in [-0.2, 0) is 11.3 Å². The standard InChI is InChI=1S/C23H31N3O3/c24-15-5-4-10-22(27)25-19-13-11-18(12-14-19)17-26(20-7-2-1-3-8-20)23(28)21-9-6-16-29-21/h6,9,11-14,16,20H,1-5,7-8,10,15,17,24H2,(H,25,27). The Morgan fingerprint density at radius 2 is 1.83 bits per heavy atom. The first kappa shape index (κ1) is 21.1. The monoisotopic (exact) mass is 397 g/mol. The maximum absolute atomic E-state index is 13.0. The first-order valence-corrected chi connectivity index (χ1v) is 10.6. The van der Waals surface area contributed by atoms with E-state index in [1.165, 1.54) is 12.7 Å². The number of furan rings is 1. The molecular weight excluding hydrogens is 366 g/mol. The fraction of sp³-hybridized carbons (Fsp3) is 0.478. The van der Waals surface area contributed by atoms with Gasteiger partial charge >= 0.3 is 0 Å². The molecule has 3 N–H and O–H groups in total. The van der Waals surface area contributed by atoms with Crippen molar-refractivity contribution in [2.45, 2.75) is 64.0 Å². The Morgan fingerprint density at radius 1 is 1.07 bits per heavy atom. The van der Waals surface area contributed by atoms with Crippen molar-refractivity contribution in [3.05, 3.63) is 54.0 Å². The second kappa shape index (κ2) is 10.8. The number of hydrogen-bond donors (Lipinski definition) is 2. The van der Waals surface area contributed by atoms with Crippen molar-refractivity contribution in [2.24, 2.45) is 5.73 Å². The maximum Gasteiger partial charge on any atom is 0.290 e. The molecule has 1 fully saturated rings. The van der Waals surface area contributed by atoms with Gasteiger partial charge in [-0.1, -0.05) is 31.4 Å². The van der Waals surface area contributed by atoms with E-state index in [9.17, 15) is 9.59 Å². The van der Waals surface area contributed by atoms with Crippen LogP contribution in [0.5, 0.6) is 0 Å². The summed E-state index contributed by atoms with van der Waals surface area (Å²) < 4.78 is 5.36. The molecule has 2 aromatic rings. The average Bonchev–Trinajstić information content (AvgIpc) is 3.28. The van der Waals surface area contributed by atoms with Gasteiger partial charge in [-0.3, -0.25) is 9.59 Å². The van der Waals surface area contributed by atoms with Gasteiger partial charge in [0, 0.05) is 24.7 Å². The van der Waals surface area contributed by atoms with E-state index in [2.05, 4.69) is 5.32 Å². The Hall–Kier alpha value is -2.60. The third kappa shape index (κ3) is 6.19. The van der Waals surface area contributed by atoms with Gasteiger partial charge in [-0.15, -0.1) is 0 Å². The van der Waals surface area contributed by atoms with Crippen LogP contribution in [0.25, 0.3) is 0 Å². The van der Waals surface area contributed by atoms with Crippen LogP contribution in [0.15, 0.2) is 47.1 Å². The lowest BCUT2D eigenvalue weighted by Gasteiger charge is -2.34. The summed E-state index contributed by atoms with van der Waals surface area (Å²) in [6.07, 6.45) is 9.28. The molecule has 6 nitrogen and oxygen atoms in total. The van der Waals surface area contributed by atoms with Gasteiger partial charge in [0.2, 0.25) is 5.91 Å². The molecule has 1 saturated carbocycles. The highest BCUT2D eigenvalue weighted by molar-refractivity contribution is 5.92. The minimum atomic E-state index is -0.0563. The summed E-state index contributed by atoms with van der Waals surface area (Å²) in [5, 5.41) is 2.91. The van der Waals surface area contributed by atoms with Crippen LogP contribution in [0.2, 0.25) is 0 Å². The van der Waals surface area contributed by atoms with E-state index < -0.39 is 0 Å². The van der Waals surface area contributed by atoms with Crippen LogP contribution < -0.4 is 11.1 Å². The highest BCUT2D eigenvalue weighted by Gasteiger charge is 2.27. The summed E-state index contributed by atoms with van der Waals surface area (Å²) in [7, 11) is 0. The molecule has 1 aromatic carbocycles. The van der Waals surface area contributed by atoms with Crippen molar-refractivity contribution in [3.63, 3.8) is 0 Å². The van der Waals surface area contributed by atoms with Crippen molar-refractivity contribution in [3.8, 4) is 0 Å². The van der Waals surface area contributed by atoms with Crippen LogP contribution >= 0.6 is 0 Å².